The molecule has 5 heteroatoms. The molecule has 0 bridgehead atoms. The van der Waals surface area contributed by atoms with Gasteiger partial charge in [0.1, 0.15) is 5.01 Å². The maximum Gasteiger partial charge on any atom is 0.279 e. The van der Waals surface area contributed by atoms with Crippen LogP contribution in [0.25, 0.3) is 5.57 Å². The van der Waals surface area contributed by atoms with Crippen molar-refractivity contribution in [2.45, 2.75) is 13.8 Å². The number of carbonyl (C=O) groups is 1. The van der Waals surface area contributed by atoms with Crippen LogP contribution in [0.2, 0.25) is 0 Å². The highest BCUT2D eigenvalue weighted by atomic mass is 32.1. The molecule has 0 atom stereocenters. The zero-order chi connectivity index (χ0) is 9.14. The maximum absolute atomic E-state index is 10.6. The summed E-state index contributed by atoms with van der Waals surface area (Å²) in [6, 6.07) is 0. The summed E-state index contributed by atoms with van der Waals surface area (Å²) in [6.45, 7) is 3.81. The van der Waals surface area contributed by atoms with Crippen LogP contribution in [0.4, 0.5) is 0 Å². The first-order valence-electron chi connectivity index (χ1n) is 3.41. The van der Waals surface area contributed by atoms with Crippen LogP contribution in [0.5, 0.6) is 0 Å². The quantitative estimate of drug-likeness (QED) is 0.745. The molecule has 1 amide bonds. The molecule has 1 rings (SSSR count). The van der Waals surface area contributed by atoms with Crippen LogP contribution in [-0.2, 0) is 0 Å². The van der Waals surface area contributed by atoms with E-state index in [9.17, 15) is 4.79 Å². The van der Waals surface area contributed by atoms with Crippen LogP contribution in [0.15, 0.2) is 6.08 Å². The monoisotopic (exact) mass is 183 g/mol. The Bertz CT molecular complexity index is 329. The van der Waals surface area contributed by atoms with E-state index in [2.05, 4.69) is 10.2 Å². The van der Waals surface area contributed by atoms with Crippen molar-refractivity contribution in [2.75, 3.05) is 0 Å². The molecule has 0 unspecified atom stereocenters. The number of nitrogens with two attached hydrogens (primary N) is 1. The number of primary amides is 1. The molecule has 0 aliphatic carbocycles. The number of nitrogens with zero attached hydrogens (tertiary/aromatic N) is 2. The van der Waals surface area contributed by atoms with Crippen LogP contribution in [0.3, 0.4) is 0 Å². The van der Waals surface area contributed by atoms with Gasteiger partial charge in [0.05, 0.1) is 0 Å². The molecule has 0 saturated heterocycles. The Morgan fingerprint density at radius 1 is 1.50 bits per heavy atom. The van der Waals surface area contributed by atoms with E-state index in [-0.39, 0.29) is 5.01 Å². The lowest BCUT2D eigenvalue weighted by Gasteiger charge is -1.87. The molecule has 0 fully saturated rings. The minimum atomic E-state index is -0.525. The van der Waals surface area contributed by atoms with E-state index in [4.69, 9.17) is 5.73 Å². The smallest absolute Gasteiger partial charge is 0.279 e. The molecule has 0 radical (unpaired) electrons. The molecule has 12 heavy (non-hydrogen) atoms. The number of aromatic nitrogens is 2. The standard InChI is InChI=1S/C7H9N3OS/c1-3-4(2)6-9-10-7(12-6)5(8)11/h3H,1-2H3,(H2,8,11). The fourth-order valence-corrected chi connectivity index (χ4v) is 1.33. The minimum Gasteiger partial charge on any atom is -0.363 e. The van der Waals surface area contributed by atoms with Crippen molar-refractivity contribution in [3.8, 4) is 0 Å². The van der Waals surface area contributed by atoms with Gasteiger partial charge in [0.25, 0.3) is 5.91 Å². The second-order valence-electron chi connectivity index (χ2n) is 2.25. The van der Waals surface area contributed by atoms with Gasteiger partial charge in [-0.15, -0.1) is 10.2 Å². The van der Waals surface area contributed by atoms with Gasteiger partial charge in [-0.3, -0.25) is 4.79 Å². The molecular weight excluding hydrogens is 174 g/mol. The van der Waals surface area contributed by atoms with E-state index in [0.29, 0.717) is 0 Å². The molecule has 64 valence electrons. The van der Waals surface area contributed by atoms with Gasteiger partial charge >= 0.3 is 0 Å². The molecular formula is C7H9N3OS. The Hall–Kier alpha value is -1.23. The summed E-state index contributed by atoms with van der Waals surface area (Å²) >= 11 is 1.21. The predicted molar refractivity (Wildman–Crippen MR) is 47.8 cm³/mol. The summed E-state index contributed by atoms with van der Waals surface area (Å²) in [7, 11) is 0. The fraction of sp³-hybridized carbons (Fsp3) is 0.286. The van der Waals surface area contributed by atoms with E-state index in [1.807, 2.05) is 19.9 Å². The van der Waals surface area contributed by atoms with Gasteiger partial charge in [-0.2, -0.15) is 0 Å². The number of carbonyl (C=O) groups excluding carboxylic acids is 1. The first kappa shape index (κ1) is 8.86. The molecule has 0 saturated carbocycles. The van der Waals surface area contributed by atoms with E-state index >= 15 is 0 Å². The van der Waals surface area contributed by atoms with Crippen LogP contribution in [0, 0.1) is 0 Å². The van der Waals surface area contributed by atoms with E-state index in [1.54, 1.807) is 0 Å². The third kappa shape index (κ3) is 1.68. The van der Waals surface area contributed by atoms with Crippen molar-refractivity contribution >= 4 is 22.8 Å². The average molecular weight is 183 g/mol. The van der Waals surface area contributed by atoms with Crippen molar-refractivity contribution in [1.29, 1.82) is 0 Å². The summed E-state index contributed by atoms with van der Waals surface area (Å²) in [4.78, 5) is 10.6. The van der Waals surface area contributed by atoms with Crippen LogP contribution in [-0.4, -0.2) is 16.1 Å². The molecule has 0 spiro atoms. The molecule has 1 aromatic heterocycles. The first-order valence-corrected chi connectivity index (χ1v) is 4.23. The summed E-state index contributed by atoms with van der Waals surface area (Å²) in [5, 5.41) is 8.44. The highest BCUT2D eigenvalue weighted by Crippen LogP contribution is 2.17. The molecule has 0 aromatic carbocycles. The molecule has 1 aromatic rings. The highest BCUT2D eigenvalue weighted by Gasteiger charge is 2.08. The van der Waals surface area contributed by atoms with Crippen LogP contribution < -0.4 is 5.73 Å². The van der Waals surface area contributed by atoms with Crippen molar-refractivity contribution in [2.24, 2.45) is 5.73 Å². The highest BCUT2D eigenvalue weighted by molar-refractivity contribution is 7.14. The Kier molecular flexibility index (Phi) is 2.54. The molecule has 1 heterocycles. The van der Waals surface area contributed by atoms with Crippen molar-refractivity contribution in [3.05, 3.63) is 16.1 Å². The number of hydrogen-bond acceptors (Lipinski definition) is 4. The summed E-state index contributed by atoms with van der Waals surface area (Å²) in [5.41, 5.74) is 6.02. The molecule has 0 aliphatic heterocycles. The van der Waals surface area contributed by atoms with E-state index < -0.39 is 5.91 Å². The average Bonchev–Trinajstić information content (AvgIpc) is 2.51. The molecule has 4 nitrogen and oxygen atoms in total. The third-order valence-corrected chi connectivity index (χ3v) is 2.48. The van der Waals surface area contributed by atoms with Gasteiger partial charge in [0.2, 0.25) is 5.01 Å². The predicted octanol–water partition coefficient (Wildman–Crippen LogP) is 1.06. The Morgan fingerprint density at radius 2 is 2.08 bits per heavy atom. The maximum atomic E-state index is 10.6. The number of hydrogen-bond donors (Lipinski definition) is 1. The normalized spacial score (nSPS) is 11.7. The lowest BCUT2D eigenvalue weighted by molar-refractivity contribution is 0.0999. The summed E-state index contributed by atoms with van der Waals surface area (Å²) in [6.07, 6.45) is 1.91. The van der Waals surface area contributed by atoms with Gasteiger partial charge in [-0.25, -0.2) is 0 Å². The van der Waals surface area contributed by atoms with Gasteiger partial charge in [-0.1, -0.05) is 17.4 Å². The van der Waals surface area contributed by atoms with E-state index in [1.165, 1.54) is 11.3 Å². The number of allylic oxidation sites excluding steroid dienone is 2. The lowest BCUT2D eigenvalue weighted by Crippen LogP contribution is -2.10. The second-order valence-corrected chi connectivity index (χ2v) is 3.23. The zero-order valence-electron chi connectivity index (χ0n) is 6.87. The Balaban J connectivity index is 2.99. The Morgan fingerprint density at radius 3 is 2.50 bits per heavy atom. The lowest BCUT2D eigenvalue weighted by atomic mass is 10.3. The van der Waals surface area contributed by atoms with Crippen molar-refractivity contribution in [1.82, 2.24) is 10.2 Å². The first-order chi connectivity index (χ1) is 5.65. The molecule has 2 N–H and O–H groups in total. The van der Waals surface area contributed by atoms with Crippen LogP contribution >= 0.6 is 11.3 Å². The summed E-state index contributed by atoms with van der Waals surface area (Å²) in [5.74, 6) is -0.525. The minimum absolute atomic E-state index is 0.256. The second kappa shape index (κ2) is 3.44. The van der Waals surface area contributed by atoms with E-state index in [0.717, 1.165) is 10.6 Å². The Labute approximate surface area is 74.1 Å². The number of rotatable bonds is 2. The van der Waals surface area contributed by atoms with Gasteiger partial charge in [-0.05, 0) is 19.4 Å². The topological polar surface area (TPSA) is 68.9 Å². The largest absolute Gasteiger partial charge is 0.363 e. The van der Waals surface area contributed by atoms with Crippen molar-refractivity contribution in [3.63, 3.8) is 0 Å². The third-order valence-electron chi connectivity index (χ3n) is 1.41. The SMILES string of the molecule is CC=C(C)c1nnc(C(N)=O)s1. The van der Waals surface area contributed by atoms with Crippen molar-refractivity contribution < 1.29 is 4.79 Å². The fourth-order valence-electron chi connectivity index (χ4n) is 0.606. The zero-order valence-corrected chi connectivity index (χ0v) is 7.68. The van der Waals surface area contributed by atoms with Gasteiger partial charge in [0, 0.05) is 0 Å². The number of amides is 1. The summed E-state index contributed by atoms with van der Waals surface area (Å²) < 4.78 is 0. The molecule has 0 aliphatic rings. The van der Waals surface area contributed by atoms with Gasteiger partial charge < -0.3 is 5.73 Å². The van der Waals surface area contributed by atoms with Crippen LogP contribution in [0.1, 0.15) is 28.7 Å². The van der Waals surface area contributed by atoms with Gasteiger partial charge in [0.15, 0.2) is 0 Å².